The maximum Gasteiger partial charge on any atom is 1.00 e. The van der Waals surface area contributed by atoms with Crippen molar-refractivity contribution in [1.82, 2.24) is 0 Å². The van der Waals surface area contributed by atoms with Crippen molar-refractivity contribution in [2.24, 2.45) is 0 Å². The van der Waals surface area contributed by atoms with Crippen LogP contribution in [-0.2, 0) is 15.3 Å². The fraction of sp³-hybridized carbons (Fsp3) is 0.200. The SMILES string of the molecule is Fc1ccc(C2(c3c[c-]c(Cl)cc3)OCCO2)cc1.[Li+]. The van der Waals surface area contributed by atoms with Crippen LogP contribution in [0.1, 0.15) is 11.1 Å². The molecular weight excluding hydrogens is 274 g/mol. The van der Waals surface area contributed by atoms with E-state index in [9.17, 15) is 4.39 Å². The molecule has 0 spiro atoms. The second kappa shape index (κ2) is 6.30. The van der Waals surface area contributed by atoms with Crippen molar-refractivity contribution < 1.29 is 32.7 Å². The molecule has 0 aromatic heterocycles. The summed E-state index contributed by atoms with van der Waals surface area (Å²) in [5.74, 6) is -1.28. The minimum atomic E-state index is -0.991. The van der Waals surface area contributed by atoms with Gasteiger partial charge < -0.3 is 9.47 Å². The predicted octanol–water partition coefficient (Wildman–Crippen LogP) is 0.531. The molecule has 0 aliphatic carbocycles. The fourth-order valence-corrected chi connectivity index (χ4v) is 2.31. The molecule has 1 aliphatic rings. The quantitative estimate of drug-likeness (QED) is 0.592. The van der Waals surface area contributed by atoms with E-state index in [4.69, 9.17) is 21.1 Å². The molecular formula is C15H11ClFLiO2. The van der Waals surface area contributed by atoms with Crippen LogP contribution in [-0.4, -0.2) is 13.2 Å². The Hall–Kier alpha value is -0.823. The standard InChI is InChI=1S/C15H11ClFO2.Li/c16-13-5-1-11(2-6-13)15(18-9-10-19-15)12-3-7-14(17)8-4-12;/h1-5,7-8H,9-10H2;/q-1;+1. The van der Waals surface area contributed by atoms with Crippen LogP contribution in [0.5, 0.6) is 0 Å². The number of ether oxygens (including phenoxy) is 2. The minimum absolute atomic E-state index is 0. The van der Waals surface area contributed by atoms with Crippen molar-refractivity contribution in [3.05, 3.63) is 70.5 Å². The first kappa shape index (κ1) is 15.6. The number of rotatable bonds is 2. The molecule has 1 fully saturated rings. The molecule has 0 atom stereocenters. The third kappa shape index (κ3) is 2.78. The number of benzene rings is 2. The number of halogens is 2. The van der Waals surface area contributed by atoms with Gasteiger partial charge in [0.15, 0.2) is 5.79 Å². The molecule has 2 aromatic carbocycles. The van der Waals surface area contributed by atoms with E-state index in [0.29, 0.717) is 18.2 Å². The van der Waals surface area contributed by atoms with Gasteiger partial charge >= 0.3 is 18.9 Å². The molecule has 1 aliphatic heterocycles. The Morgan fingerprint density at radius 2 is 1.60 bits per heavy atom. The van der Waals surface area contributed by atoms with Crippen LogP contribution in [0.3, 0.4) is 0 Å². The summed E-state index contributed by atoms with van der Waals surface area (Å²) < 4.78 is 24.6. The molecule has 0 saturated carbocycles. The Balaban J connectivity index is 0.00000147. The van der Waals surface area contributed by atoms with Crippen LogP contribution in [0.2, 0.25) is 5.02 Å². The fourth-order valence-electron chi connectivity index (χ4n) is 2.19. The average molecular weight is 285 g/mol. The third-order valence-electron chi connectivity index (χ3n) is 3.07. The van der Waals surface area contributed by atoms with Crippen LogP contribution in [0, 0.1) is 11.9 Å². The summed E-state index contributed by atoms with van der Waals surface area (Å²) in [7, 11) is 0. The van der Waals surface area contributed by atoms with Crippen molar-refractivity contribution in [3.8, 4) is 0 Å². The smallest absolute Gasteiger partial charge is 0.350 e. The van der Waals surface area contributed by atoms with Crippen LogP contribution in [0.15, 0.2) is 42.5 Å². The Bertz CT molecular complexity index is 518. The van der Waals surface area contributed by atoms with Gasteiger partial charge in [0.2, 0.25) is 0 Å². The van der Waals surface area contributed by atoms with Crippen molar-refractivity contribution in [3.63, 3.8) is 0 Å². The van der Waals surface area contributed by atoms with Gasteiger partial charge in [-0.15, -0.1) is 11.6 Å². The molecule has 0 unspecified atom stereocenters. The maximum atomic E-state index is 13.0. The molecule has 0 bridgehead atoms. The zero-order chi connectivity index (χ0) is 13.3. The Morgan fingerprint density at radius 1 is 1.00 bits per heavy atom. The van der Waals surface area contributed by atoms with E-state index in [-0.39, 0.29) is 24.7 Å². The van der Waals surface area contributed by atoms with E-state index in [1.54, 1.807) is 24.3 Å². The molecule has 98 valence electrons. The number of hydrogen-bond acceptors (Lipinski definition) is 2. The van der Waals surface area contributed by atoms with Gasteiger partial charge in [-0.1, -0.05) is 22.7 Å². The molecule has 3 rings (SSSR count). The summed E-state index contributed by atoms with van der Waals surface area (Å²) in [6.07, 6.45) is 0. The number of hydrogen-bond donors (Lipinski definition) is 0. The molecule has 2 nitrogen and oxygen atoms in total. The van der Waals surface area contributed by atoms with E-state index >= 15 is 0 Å². The topological polar surface area (TPSA) is 18.5 Å². The van der Waals surface area contributed by atoms with Crippen LogP contribution in [0.4, 0.5) is 4.39 Å². The minimum Gasteiger partial charge on any atom is -0.350 e. The summed E-state index contributed by atoms with van der Waals surface area (Å²) >= 11 is 5.84. The van der Waals surface area contributed by atoms with Gasteiger partial charge in [0, 0.05) is 5.56 Å². The van der Waals surface area contributed by atoms with Crippen molar-refractivity contribution in [2.45, 2.75) is 5.79 Å². The van der Waals surface area contributed by atoms with Gasteiger partial charge in [0.1, 0.15) is 5.82 Å². The summed E-state index contributed by atoms with van der Waals surface area (Å²) in [5, 5.41) is 0.524. The monoisotopic (exact) mass is 284 g/mol. The second-order valence-electron chi connectivity index (χ2n) is 4.25. The molecule has 2 aromatic rings. The summed E-state index contributed by atoms with van der Waals surface area (Å²) in [6, 6.07) is 14.3. The van der Waals surface area contributed by atoms with Gasteiger partial charge in [0.05, 0.1) is 13.2 Å². The van der Waals surface area contributed by atoms with Crippen molar-refractivity contribution in [2.75, 3.05) is 13.2 Å². The first-order valence-electron chi connectivity index (χ1n) is 5.92. The normalized spacial score (nSPS) is 16.7. The van der Waals surface area contributed by atoms with Crippen molar-refractivity contribution >= 4 is 11.6 Å². The van der Waals surface area contributed by atoms with Crippen LogP contribution < -0.4 is 18.9 Å². The summed E-state index contributed by atoms with van der Waals surface area (Å²) in [5.41, 5.74) is 1.54. The van der Waals surface area contributed by atoms with E-state index in [2.05, 4.69) is 6.07 Å². The zero-order valence-electron chi connectivity index (χ0n) is 11.0. The molecule has 1 saturated heterocycles. The first-order valence-corrected chi connectivity index (χ1v) is 6.30. The molecule has 5 heteroatoms. The third-order valence-corrected chi connectivity index (χ3v) is 3.31. The van der Waals surface area contributed by atoms with Crippen LogP contribution >= 0.6 is 11.6 Å². The Labute approximate surface area is 134 Å². The van der Waals surface area contributed by atoms with E-state index in [1.807, 2.05) is 6.07 Å². The second-order valence-corrected chi connectivity index (χ2v) is 4.65. The molecule has 0 N–H and O–H groups in total. The van der Waals surface area contributed by atoms with E-state index < -0.39 is 5.79 Å². The molecule has 0 radical (unpaired) electrons. The Kier molecular flexibility index (Phi) is 4.90. The van der Waals surface area contributed by atoms with Crippen LogP contribution in [0.25, 0.3) is 0 Å². The van der Waals surface area contributed by atoms with Gasteiger partial charge in [0.25, 0.3) is 0 Å². The largest absolute Gasteiger partial charge is 1.00 e. The summed E-state index contributed by atoms with van der Waals surface area (Å²) in [4.78, 5) is 0. The molecule has 1 heterocycles. The average Bonchev–Trinajstić information content (AvgIpc) is 2.91. The first-order chi connectivity index (χ1) is 9.21. The predicted molar refractivity (Wildman–Crippen MR) is 69.4 cm³/mol. The van der Waals surface area contributed by atoms with E-state index in [0.717, 1.165) is 11.1 Å². The Morgan fingerprint density at radius 3 is 2.15 bits per heavy atom. The van der Waals surface area contributed by atoms with E-state index in [1.165, 1.54) is 12.1 Å². The maximum absolute atomic E-state index is 13.0. The molecule has 20 heavy (non-hydrogen) atoms. The molecule has 0 amide bonds. The zero-order valence-corrected chi connectivity index (χ0v) is 11.8. The van der Waals surface area contributed by atoms with Crippen molar-refractivity contribution in [1.29, 1.82) is 0 Å². The van der Waals surface area contributed by atoms with Gasteiger partial charge in [-0.2, -0.15) is 24.3 Å². The van der Waals surface area contributed by atoms with Gasteiger partial charge in [-0.3, -0.25) is 0 Å². The summed E-state index contributed by atoms with van der Waals surface area (Å²) in [6.45, 7) is 0.972. The van der Waals surface area contributed by atoms with Gasteiger partial charge in [-0.05, 0) is 12.1 Å². The van der Waals surface area contributed by atoms with Gasteiger partial charge in [-0.25, -0.2) is 4.39 Å².